The number of aromatic hydroxyl groups is 1. The smallest absolute Gasteiger partial charge is 0.267 e. The van der Waals surface area contributed by atoms with Gasteiger partial charge >= 0.3 is 0 Å². The fourth-order valence-corrected chi connectivity index (χ4v) is 3.12. The zero-order valence-corrected chi connectivity index (χ0v) is 13.0. The molecule has 24 heavy (non-hydrogen) atoms. The summed E-state index contributed by atoms with van der Waals surface area (Å²) in [5.41, 5.74) is 3.13. The van der Waals surface area contributed by atoms with Crippen molar-refractivity contribution < 1.29 is 14.7 Å². The monoisotopic (exact) mass is 329 g/mol. The summed E-state index contributed by atoms with van der Waals surface area (Å²) >= 11 is 0. The third kappa shape index (κ3) is 3.13. The van der Waals surface area contributed by atoms with Crippen molar-refractivity contribution in [2.75, 3.05) is 0 Å². The zero-order valence-electron chi connectivity index (χ0n) is 13.0. The molecule has 1 aliphatic rings. The van der Waals surface area contributed by atoms with E-state index in [0.717, 1.165) is 5.52 Å². The van der Waals surface area contributed by atoms with Crippen LogP contribution in [0.4, 0.5) is 5.69 Å². The minimum atomic E-state index is -0.328. The molecule has 0 atom stereocenters. The number of carbonyl (C=O) groups excluding carboxylic acids is 2. The van der Waals surface area contributed by atoms with Gasteiger partial charge in [0.25, 0.3) is 5.91 Å². The van der Waals surface area contributed by atoms with Gasteiger partial charge in [0.05, 0.1) is 5.52 Å². The zero-order chi connectivity index (χ0) is 17.1. The Balaban J connectivity index is 1.68. The number of aromatic nitrogens is 1. The summed E-state index contributed by atoms with van der Waals surface area (Å²) in [6, 6.07) is 7.25. The summed E-state index contributed by atoms with van der Waals surface area (Å²) in [5.74, 6) is 4.11. The molecule has 1 fully saturated rings. The molecule has 1 aromatic carbocycles. The lowest BCUT2D eigenvalue weighted by Crippen LogP contribution is -2.38. The van der Waals surface area contributed by atoms with Crippen molar-refractivity contribution >= 4 is 28.4 Å². The molecule has 1 saturated carbocycles. The van der Waals surface area contributed by atoms with Crippen LogP contribution in [0, 0.1) is 11.8 Å². The first kappa shape index (κ1) is 16.1. The van der Waals surface area contributed by atoms with Crippen LogP contribution in [0.5, 0.6) is 5.88 Å². The molecule has 1 heterocycles. The minimum Gasteiger partial charge on any atom is -0.493 e. The van der Waals surface area contributed by atoms with E-state index in [1.807, 2.05) is 12.1 Å². The third-order valence-corrected chi connectivity index (χ3v) is 4.50. The fourth-order valence-electron chi connectivity index (χ4n) is 3.12. The standard InChI is InChI=1S/C16H19N5O3/c17-19-14(22)9-5-7-10(8-6-9)15(23)21-20-13-11-3-1-2-4-12(11)18-16(13)24/h1-4,9-10,18,24H,5-8,17H2,(H,19,22). The van der Waals surface area contributed by atoms with Gasteiger partial charge in [-0.25, -0.2) is 5.84 Å². The van der Waals surface area contributed by atoms with Gasteiger partial charge in [0, 0.05) is 17.2 Å². The molecule has 0 unspecified atom stereocenters. The van der Waals surface area contributed by atoms with E-state index >= 15 is 0 Å². The lowest BCUT2D eigenvalue weighted by molar-refractivity contribution is -0.129. The van der Waals surface area contributed by atoms with Crippen molar-refractivity contribution in [2.24, 2.45) is 27.9 Å². The average molecular weight is 329 g/mol. The van der Waals surface area contributed by atoms with Crippen molar-refractivity contribution in [1.29, 1.82) is 0 Å². The predicted octanol–water partition coefficient (Wildman–Crippen LogP) is 2.28. The van der Waals surface area contributed by atoms with Crippen LogP contribution in [0.25, 0.3) is 10.9 Å². The maximum Gasteiger partial charge on any atom is 0.267 e. The summed E-state index contributed by atoms with van der Waals surface area (Å²) in [7, 11) is 0. The van der Waals surface area contributed by atoms with Gasteiger partial charge in [-0.2, -0.15) is 0 Å². The summed E-state index contributed by atoms with van der Waals surface area (Å²) in [6.45, 7) is 0. The summed E-state index contributed by atoms with van der Waals surface area (Å²) < 4.78 is 0. The van der Waals surface area contributed by atoms with E-state index in [4.69, 9.17) is 5.84 Å². The second-order valence-electron chi connectivity index (χ2n) is 5.96. The largest absolute Gasteiger partial charge is 0.493 e. The number of fused-ring (bicyclic) bond motifs is 1. The Morgan fingerprint density at radius 3 is 2.54 bits per heavy atom. The molecule has 8 heteroatoms. The Morgan fingerprint density at radius 2 is 1.83 bits per heavy atom. The molecule has 2 aromatic rings. The molecule has 0 saturated heterocycles. The number of H-pyrrole nitrogens is 1. The van der Waals surface area contributed by atoms with E-state index in [1.165, 1.54) is 0 Å². The first-order chi connectivity index (χ1) is 11.6. The number of benzene rings is 1. The van der Waals surface area contributed by atoms with Gasteiger partial charge in [0.1, 0.15) is 0 Å². The highest BCUT2D eigenvalue weighted by Gasteiger charge is 2.29. The van der Waals surface area contributed by atoms with E-state index in [0.29, 0.717) is 31.1 Å². The van der Waals surface area contributed by atoms with Crippen LogP contribution < -0.4 is 11.3 Å². The highest BCUT2D eigenvalue weighted by Crippen LogP contribution is 2.36. The number of nitrogens with zero attached hydrogens (tertiary/aromatic N) is 2. The Kier molecular flexibility index (Phi) is 4.57. The molecule has 3 rings (SSSR count). The molecule has 0 bridgehead atoms. The maximum atomic E-state index is 12.2. The van der Waals surface area contributed by atoms with Crippen LogP contribution in [0.15, 0.2) is 34.5 Å². The number of hydrogen-bond acceptors (Lipinski definition) is 5. The number of carbonyl (C=O) groups is 2. The second-order valence-corrected chi connectivity index (χ2v) is 5.96. The molecule has 5 N–H and O–H groups in total. The Labute approximate surface area is 138 Å². The number of nitrogens with one attached hydrogen (secondary N) is 2. The number of nitrogens with two attached hydrogens (primary N) is 1. The summed E-state index contributed by atoms with van der Waals surface area (Å²) in [6.07, 6.45) is 2.37. The Morgan fingerprint density at radius 1 is 1.17 bits per heavy atom. The molecule has 1 aliphatic carbocycles. The first-order valence-corrected chi connectivity index (χ1v) is 7.86. The number of para-hydroxylation sites is 1. The quantitative estimate of drug-likeness (QED) is 0.297. The molecule has 0 aliphatic heterocycles. The normalized spacial score (nSPS) is 21.2. The number of aromatic amines is 1. The van der Waals surface area contributed by atoms with Gasteiger partial charge in [0.15, 0.2) is 5.69 Å². The number of amides is 2. The summed E-state index contributed by atoms with van der Waals surface area (Å²) in [4.78, 5) is 26.5. The lowest BCUT2D eigenvalue weighted by Gasteiger charge is -2.24. The highest BCUT2D eigenvalue weighted by atomic mass is 16.3. The van der Waals surface area contributed by atoms with Gasteiger partial charge in [0.2, 0.25) is 11.8 Å². The van der Waals surface area contributed by atoms with Crippen LogP contribution >= 0.6 is 0 Å². The SMILES string of the molecule is NNC(=O)C1CCC(C(=O)N=Nc2c(O)[nH]c3ccccc23)CC1. The van der Waals surface area contributed by atoms with Crippen LogP contribution in [0.1, 0.15) is 25.7 Å². The number of hydrazine groups is 1. The third-order valence-electron chi connectivity index (χ3n) is 4.50. The molecule has 0 spiro atoms. The van der Waals surface area contributed by atoms with Gasteiger partial charge in [-0.1, -0.05) is 18.2 Å². The van der Waals surface area contributed by atoms with Gasteiger partial charge < -0.3 is 10.1 Å². The molecule has 1 aromatic heterocycles. The second kappa shape index (κ2) is 6.79. The lowest BCUT2D eigenvalue weighted by atomic mass is 9.81. The topological polar surface area (TPSA) is 133 Å². The van der Waals surface area contributed by atoms with E-state index in [-0.39, 0.29) is 35.2 Å². The average Bonchev–Trinajstić information content (AvgIpc) is 2.94. The molecular formula is C16H19N5O3. The molecule has 2 amide bonds. The van der Waals surface area contributed by atoms with Crippen molar-refractivity contribution in [3.05, 3.63) is 24.3 Å². The molecular weight excluding hydrogens is 310 g/mol. The molecule has 8 nitrogen and oxygen atoms in total. The van der Waals surface area contributed by atoms with Crippen molar-refractivity contribution in [1.82, 2.24) is 10.4 Å². The predicted molar refractivity (Wildman–Crippen MR) is 87.3 cm³/mol. The van der Waals surface area contributed by atoms with Crippen LogP contribution in [0.2, 0.25) is 0 Å². The van der Waals surface area contributed by atoms with Crippen molar-refractivity contribution in [3.8, 4) is 5.88 Å². The number of rotatable bonds is 3. The van der Waals surface area contributed by atoms with Gasteiger partial charge in [-0.05, 0) is 31.7 Å². The summed E-state index contributed by atoms with van der Waals surface area (Å²) in [5, 5.41) is 18.3. The van der Waals surface area contributed by atoms with Crippen LogP contribution in [0.3, 0.4) is 0 Å². The Hall–Kier alpha value is -2.74. The van der Waals surface area contributed by atoms with Gasteiger partial charge in [-0.3, -0.25) is 15.0 Å². The minimum absolute atomic E-state index is 0.115. The van der Waals surface area contributed by atoms with E-state index in [2.05, 4.69) is 20.6 Å². The molecule has 126 valence electrons. The first-order valence-electron chi connectivity index (χ1n) is 7.86. The molecule has 0 radical (unpaired) electrons. The fraction of sp³-hybridized carbons (Fsp3) is 0.375. The number of azo groups is 1. The van der Waals surface area contributed by atoms with E-state index in [9.17, 15) is 14.7 Å². The van der Waals surface area contributed by atoms with E-state index < -0.39 is 0 Å². The van der Waals surface area contributed by atoms with Gasteiger partial charge in [-0.15, -0.1) is 10.2 Å². The van der Waals surface area contributed by atoms with Crippen molar-refractivity contribution in [2.45, 2.75) is 25.7 Å². The maximum absolute atomic E-state index is 12.2. The van der Waals surface area contributed by atoms with Crippen molar-refractivity contribution in [3.63, 3.8) is 0 Å². The highest BCUT2D eigenvalue weighted by molar-refractivity contribution is 5.94. The van der Waals surface area contributed by atoms with Crippen LogP contribution in [-0.2, 0) is 9.59 Å². The number of hydrogen-bond donors (Lipinski definition) is 4. The van der Waals surface area contributed by atoms with E-state index in [1.54, 1.807) is 12.1 Å². The van der Waals surface area contributed by atoms with Crippen LogP contribution in [-0.4, -0.2) is 21.9 Å². The Bertz CT molecular complexity index is 790.